The lowest BCUT2D eigenvalue weighted by atomic mass is 10.2. The standard InChI is InChI=1S/C8H12N2/c1-7(2)3-4-8-9-5-6-10-8/h3-7H,1-2H3,(H,9,10)/b4-3+. The Balaban J connectivity index is 2.55. The van der Waals surface area contributed by atoms with Crippen molar-refractivity contribution < 1.29 is 0 Å². The summed E-state index contributed by atoms with van der Waals surface area (Å²) in [7, 11) is 0. The molecule has 0 bridgehead atoms. The lowest BCUT2D eigenvalue weighted by Gasteiger charge is -1.90. The molecular weight excluding hydrogens is 124 g/mol. The second-order valence-electron chi connectivity index (χ2n) is 2.58. The van der Waals surface area contributed by atoms with Crippen LogP contribution in [0.5, 0.6) is 0 Å². The molecule has 2 heteroatoms. The van der Waals surface area contributed by atoms with Crippen molar-refractivity contribution in [2.75, 3.05) is 0 Å². The van der Waals surface area contributed by atoms with E-state index < -0.39 is 0 Å². The van der Waals surface area contributed by atoms with Gasteiger partial charge in [-0.2, -0.15) is 0 Å². The molecule has 0 spiro atoms. The smallest absolute Gasteiger partial charge is 0.129 e. The maximum Gasteiger partial charge on any atom is 0.129 e. The van der Waals surface area contributed by atoms with Crippen molar-refractivity contribution in [3.8, 4) is 0 Å². The van der Waals surface area contributed by atoms with E-state index in [0.29, 0.717) is 5.92 Å². The van der Waals surface area contributed by atoms with E-state index in [0.717, 1.165) is 5.82 Å². The Labute approximate surface area is 61.0 Å². The molecule has 0 saturated carbocycles. The normalized spacial score (nSPS) is 11.5. The number of aromatic nitrogens is 2. The monoisotopic (exact) mass is 136 g/mol. The van der Waals surface area contributed by atoms with Gasteiger partial charge in [-0.25, -0.2) is 4.98 Å². The average molecular weight is 136 g/mol. The lowest BCUT2D eigenvalue weighted by molar-refractivity contribution is 0.835. The molecule has 54 valence electrons. The topological polar surface area (TPSA) is 28.7 Å². The maximum atomic E-state index is 4.05. The molecule has 0 atom stereocenters. The van der Waals surface area contributed by atoms with Crippen LogP contribution in [-0.4, -0.2) is 9.97 Å². The molecule has 2 nitrogen and oxygen atoms in total. The SMILES string of the molecule is CC(C)/C=C/c1ncc[nH]1. The Morgan fingerprint density at radius 2 is 2.40 bits per heavy atom. The number of imidazole rings is 1. The summed E-state index contributed by atoms with van der Waals surface area (Å²) in [5.41, 5.74) is 0. The third-order valence-electron chi connectivity index (χ3n) is 1.16. The van der Waals surface area contributed by atoms with Gasteiger partial charge in [0.05, 0.1) is 0 Å². The first-order valence-corrected chi connectivity index (χ1v) is 3.46. The molecule has 0 aromatic carbocycles. The first kappa shape index (κ1) is 7.06. The van der Waals surface area contributed by atoms with Gasteiger partial charge >= 0.3 is 0 Å². The van der Waals surface area contributed by atoms with Crippen molar-refractivity contribution in [2.45, 2.75) is 13.8 Å². The predicted molar refractivity (Wildman–Crippen MR) is 42.5 cm³/mol. The van der Waals surface area contributed by atoms with Gasteiger partial charge in [-0.1, -0.05) is 19.9 Å². The van der Waals surface area contributed by atoms with E-state index in [2.05, 4.69) is 29.9 Å². The van der Waals surface area contributed by atoms with E-state index in [9.17, 15) is 0 Å². The minimum Gasteiger partial charge on any atom is -0.345 e. The summed E-state index contributed by atoms with van der Waals surface area (Å²) >= 11 is 0. The van der Waals surface area contributed by atoms with E-state index in [1.807, 2.05) is 12.3 Å². The van der Waals surface area contributed by atoms with Gasteiger partial charge in [0.25, 0.3) is 0 Å². The van der Waals surface area contributed by atoms with Gasteiger partial charge < -0.3 is 4.98 Å². The number of nitrogens with one attached hydrogen (secondary N) is 1. The van der Waals surface area contributed by atoms with Crippen LogP contribution < -0.4 is 0 Å². The van der Waals surface area contributed by atoms with E-state index in [1.54, 1.807) is 6.20 Å². The van der Waals surface area contributed by atoms with Crippen LogP contribution in [0.3, 0.4) is 0 Å². The number of hydrogen-bond acceptors (Lipinski definition) is 1. The zero-order valence-electron chi connectivity index (χ0n) is 6.33. The molecule has 0 unspecified atom stereocenters. The van der Waals surface area contributed by atoms with Crippen molar-refractivity contribution in [3.05, 3.63) is 24.3 Å². The predicted octanol–water partition coefficient (Wildman–Crippen LogP) is 2.08. The van der Waals surface area contributed by atoms with Gasteiger partial charge in [-0.15, -0.1) is 0 Å². The molecule has 1 N–H and O–H groups in total. The fourth-order valence-corrected chi connectivity index (χ4v) is 0.652. The molecule has 10 heavy (non-hydrogen) atoms. The Bertz CT molecular complexity index is 197. The van der Waals surface area contributed by atoms with Crippen LogP contribution in [-0.2, 0) is 0 Å². The number of hydrogen-bond donors (Lipinski definition) is 1. The first-order valence-electron chi connectivity index (χ1n) is 3.46. The summed E-state index contributed by atoms with van der Waals surface area (Å²) in [6.45, 7) is 4.28. The Morgan fingerprint density at radius 1 is 1.60 bits per heavy atom. The van der Waals surface area contributed by atoms with Crippen molar-refractivity contribution in [1.29, 1.82) is 0 Å². The summed E-state index contributed by atoms with van der Waals surface area (Å²) in [4.78, 5) is 7.04. The third kappa shape index (κ3) is 2.05. The van der Waals surface area contributed by atoms with Crippen molar-refractivity contribution in [2.24, 2.45) is 5.92 Å². The van der Waals surface area contributed by atoms with Gasteiger partial charge in [0, 0.05) is 12.4 Å². The number of aromatic amines is 1. The minimum atomic E-state index is 0.588. The quantitative estimate of drug-likeness (QED) is 0.662. The summed E-state index contributed by atoms with van der Waals surface area (Å²) in [5.74, 6) is 1.51. The molecule has 1 rings (SSSR count). The van der Waals surface area contributed by atoms with E-state index in [4.69, 9.17) is 0 Å². The molecule has 0 saturated heterocycles. The van der Waals surface area contributed by atoms with E-state index in [1.165, 1.54) is 0 Å². The van der Waals surface area contributed by atoms with Crippen LogP contribution in [0.25, 0.3) is 6.08 Å². The van der Waals surface area contributed by atoms with Gasteiger partial charge in [0.2, 0.25) is 0 Å². The lowest BCUT2D eigenvalue weighted by Crippen LogP contribution is -1.78. The average Bonchev–Trinajstić information content (AvgIpc) is 2.34. The van der Waals surface area contributed by atoms with Gasteiger partial charge in [0.15, 0.2) is 0 Å². The molecule has 1 aromatic heterocycles. The first-order chi connectivity index (χ1) is 4.79. The zero-order valence-corrected chi connectivity index (χ0v) is 6.33. The van der Waals surface area contributed by atoms with E-state index in [-0.39, 0.29) is 0 Å². The fourth-order valence-electron chi connectivity index (χ4n) is 0.652. The number of nitrogens with zero attached hydrogens (tertiary/aromatic N) is 1. The highest BCUT2D eigenvalue weighted by Gasteiger charge is 1.86. The third-order valence-corrected chi connectivity index (χ3v) is 1.16. The number of allylic oxidation sites excluding steroid dienone is 1. The molecule has 0 aliphatic rings. The summed E-state index contributed by atoms with van der Waals surface area (Å²) in [6.07, 6.45) is 7.67. The number of rotatable bonds is 2. The van der Waals surface area contributed by atoms with Gasteiger partial charge in [-0.05, 0) is 12.0 Å². The van der Waals surface area contributed by atoms with Crippen molar-refractivity contribution in [1.82, 2.24) is 9.97 Å². The van der Waals surface area contributed by atoms with Crippen LogP contribution >= 0.6 is 0 Å². The van der Waals surface area contributed by atoms with Crippen LogP contribution in [0, 0.1) is 5.92 Å². The minimum absolute atomic E-state index is 0.588. The highest BCUT2D eigenvalue weighted by atomic mass is 14.9. The van der Waals surface area contributed by atoms with Crippen molar-refractivity contribution >= 4 is 6.08 Å². The molecule has 0 radical (unpaired) electrons. The molecule has 0 fully saturated rings. The second-order valence-corrected chi connectivity index (χ2v) is 2.58. The molecule has 1 heterocycles. The van der Waals surface area contributed by atoms with Crippen LogP contribution in [0.1, 0.15) is 19.7 Å². The van der Waals surface area contributed by atoms with Crippen LogP contribution in [0.2, 0.25) is 0 Å². The molecule has 1 aromatic rings. The molecular formula is C8H12N2. The highest BCUT2D eigenvalue weighted by molar-refractivity contribution is 5.39. The largest absolute Gasteiger partial charge is 0.345 e. The maximum absolute atomic E-state index is 4.05. The van der Waals surface area contributed by atoms with Gasteiger partial charge in [0.1, 0.15) is 5.82 Å². The van der Waals surface area contributed by atoms with Crippen LogP contribution in [0.4, 0.5) is 0 Å². The second kappa shape index (κ2) is 3.20. The Morgan fingerprint density at radius 3 is 2.90 bits per heavy atom. The molecule has 0 aliphatic heterocycles. The fraction of sp³-hybridized carbons (Fsp3) is 0.375. The molecule has 0 aliphatic carbocycles. The number of H-pyrrole nitrogens is 1. The highest BCUT2D eigenvalue weighted by Crippen LogP contribution is 1.98. The Hall–Kier alpha value is -1.05. The van der Waals surface area contributed by atoms with Crippen LogP contribution in [0.15, 0.2) is 18.5 Å². The molecule has 0 amide bonds. The van der Waals surface area contributed by atoms with E-state index >= 15 is 0 Å². The van der Waals surface area contributed by atoms with Crippen molar-refractivity contribution in [3.63, 3.8) is 0 Å². The zero-order chi connectivity index (χ0) is 7.40. The summed E-state index contributed by atoms with van der Waals surface area (Å²) in [5, 5.41) is 0. The van der Waals surface area contributed by atoms with Gasteiger partial charge in [-0.3, -0.25) is 0 Å². The Kier molecular flexibility index (Phi) is 2.26. The summed E-state index contributed by atoms with van der Waals surface area (Å²) < 4.78 is 0. The summed E-state index contributed by atoms with van der Waals surface area (Å²) in [6, 6.07) is 0.